The molecule has 0 atom stereocenters. The average molecular weight is 921 g/mol. The molecule has 2 aromatic heterocycles. The highest BCUT2D eigenvalue weighted by atomic mass is 79.9. The summed E-state index contributed by atoms with van der Waals surface area (Å²) in [6.45, 7) is 3.33. The van der Waals surface area contributed by atoms with Crippen LogP contribution in [0.1, 0.15) is 13.8 Å². The van der Waals surface area contributed by atoms with Gasteiger partial charge in [0.05, 0.1) is 31.5 Å². The maximum absolute atomic E-state index is 14.5. The van der Waals surface area contributed by atoms with Crippen molar-refractivity contribution < 1.29 is 35.1 Å². The Kier molecular flexibility index (Phi) is 12.6. The van der Waals surface area contributed by atoms with E-state index in [4.69, 9.17) is 23.2 Å². The molecule has 0 bridgehead atoms. The molecule has 16 heteroatoms. The van der Waals surface area contributed by atoms with Crippen molar-refractivity contribution in [2.24, 2.45) is 0 Å². The molecule has 0 aliphatic rings. The van der Waals surface area contributed by atoms with Gasteiger partial charge in [-0.05, 0) is 94.2 Å². The molecule has 6 aromatic rings. The van der Waals surface area contributed by atoms with Gasteiger partial charge in [0.25, 0.3) is 11.1 Å². The first-order chi connectivity index (χ1) is 25.5. The maximum Gasteiger partial charge on any atom is 0.265 e. The van der Waals surface area contributed by atoms with Gasteiger partial charge in [-0.3, -0.25) is 9.59 Å². The first-order valence-electron chi connectivity index (χ1n) is 15.6. The van der Waals surface area contributed by atoms with Crippen LogP contribution in [0, 0.1) is 46.5 Å². The lowest BCUT2D eigenvalue weighted by Crippen LogP contribution is -2.23. The van der Waals surface area contributed by atoms with Crippen molar-refractivity contribution in [3.05, 3.63) is 159 Å². The Morgan fingerprint density at radius 1 is 0.481 bits per heavy atom. The van der Waals surface area contributed by atoms with Crippen LogP contribution < -0.4 is 11.1 Å². The van der Waals surface area contributed by atoms with Gasteiger partial charge in [0.2, 0.25) is 0 Å². The van der Waals surface area contributed by atoms with E-state index in [0.717, 1.165) is 33.4 Å². The predicted octanol–water partition coefficient (Wildman–Crippen LogP) is 12.3. The summed E-state index contributed by atoms with van der Waals surface area (Å²) < 4.78 is 115. The molecule has 0 fully saturated rings. The van der Waals surface area contributed by atoms with E-state index in [2.05, 4.69) is 31.9 Å². The average Bonchev–Trinajstić information content (AvgIpc) is 3.09. The topological polar surface area (TPSA) is 44.0 Å². The Labute approximate surface area is 328 Å². The summed E-state index contributed by atoms with van der Waals surface area (Å²) in [6, 6.07) is 11.7. The normalized spacial score (nSPS) is 11.1. The van der Waals surface area contributed by atoms with Crippen molar-refractivity contribution in [1.82, 2.24) is 9.13 Å². The largest absolute Gasteiger partial charge is 0.307 e. The molecule has 0 radical (unpaired) electrons. The minimum Gasteiger partial charge on any atom is -0.307 e. The summed E-state index contributed by atoms with van der Waals surface area (Å²) in [6.07, 6.45) is 0. The van der Waals surface area contributed by atoms with Crippen molar-refractivity contribution >= 4 is 55.1 Å². The van der Waals surface area contributed by atoms with Crippen LogP contribution in [0.15, 0.2) is 91.3 Å². The Balaban J connectivity index is 0.000000208. The second-order valence-electron chi connectivity index (χ2n) is 11.3. The predicted molar refractivity (Wildman–Crippen MR) is 200 cm³/mol. The summed E-state index contributed by atoms with van der Waals surface area (Å²) in [5.41, 5.74) is -2.10. The van der Waals surface area contributed by atoms with E-state index >= 15 is 0 Å². The number of pyridine rings is 2. The van der Waals surface area contributed by atoms with E-state index in [0.29, 0.717) is 24.3 Å². The highest BCUT2D eigenvalue weighted by Crippen LogP contribution is 2.41. The number of halogens is 12. The standard InChI is InChI=1S/2C19H11BrClF4NO/c2*1-2-26-18(17-15(24)6-10(23)7-16(17)25)12(8-13(20)19(26)27)11-5-9(22)3-4-14(11)21/h2*3-8H,2H2,1H3. The molecule has 54 heavy (non-hydrogen) atoms. The fourth-order valence-electron chi connectivity index (χ4n) is 5.76. The Bertz CT molecular complexity index is 2360. The second kappa shape index (κ2) is 16.6. The highest BCUT2D eigenvalue weighted by molar-refractivity contribution is 9.10. The molecule has 6 rings (SSSR count). The molecule has 0 N–H and O–H groups in total. The smallest absolute Gasteiger partial charge is 0.265 e. The molecule has 4 nitrogen and oxygen atoms in total. The van der Waals surface area contributed by atoms with Crippen molar-refractivity contribution in [2.75, 3.05) is 0 Å². The van der Waals surface area contributed by atoms with Gasteiger partial charge < -0.3 is 9.13 Å². The molecule has 2 heterocycles. The van der Waals surface area contributed by atoms with E-state index in [9.17, 15) is 44.7 Å². The number of hydrogen-bond donors (Lipinski definition) is 0. The molecule has 4 aromatic carbocycles. The van der Waals surface area contributed by atoms with Crippen molar-refractivity contribution in [2.45, 2.75) is 26.9 Å². The quantitative estimate of drug-likeness (QED) is 0.156. The molecule has 0 unspecified atom stereocenters. The van der Waals surface area contributed by atoms with E-state index < -0.39 is 68.8 Å². The molecule has 280 valence electrons. The lowest BCUT2D eigenvalue weighted by molar-refractivity contribution is 0.544. The van der Waals surface area contributed by atoms with Gasteiger partial charge >= 0.3 is 0 Å². The van der Waals surface area contributed by atoms with Crippen LogP contribution in [0.3, 0.4) is 0 Å². The Hall–Kier alpha value is -4.24. The zero-order chi connectivity index (χ0) is 39.8. The lowest BCUT2D eigenvalue weighted by Gasteiger charge is -2.19. The van der Waals surface area contributed by atoms with Crippen molar-refractivity contribution in [3.8, 4) is 44.8 Å². The van der Waals surface area contributed by atoms with Crippen LogP contribution in [-0.4, -0.2) is 9.13 Å². The second-order valence-corrected chi connectivity index (χ2v) is 13.9. The summed E-state index contributed by atoms with van der Waals surface area (Å²) in [7, 11) is 0. The number of aromatic nitrogens is 2. The highest BCUT2D eigenvalue weighted by Gasteiger charge is 2.26. The Morgan fingerprint density at radius 3 is 1.09 bits per heavy atom. The van der Waals surface area contributed by atoms with Crippen LogP contribution in [-0.2, 0) is 13.1 Å². The molecular formula is C38H22Br2Cl2F8N2O2. The summed E-state index contributed by atoms with van der Waals surface area (Å²) in [5, 5.41) is 0.238. The van der Waals surface area contributed by atoms with Gasteiger partial charge in [0, 0.05) is 69.7 Å². The molecule has 0 spiro atoms. The van der Waals surface area contributed by atoms with Crippen molar-refractivity contribution in [1.29, 1.82) is 0 Å². The van der Waals surface area contributed by atoms with Gasteiger partial charge in [0.1, 0.15) is 46.5 Å². The summed E-state index contributed by atoms with van der Waals surface area (Å²) >= 11 is 18.6. The minimum atomic E-state index is -1.19. The number of benzene rings is 4. The fourth-order valence-corrected chi connectivity index (χ4v) is 7.09. The van der Waals surface area contributed by atoms with Crippen LogP contribution in [0.2, 0.25) is 10.0 Å². The van der Waals surface area contributed by atoms with Gasteiger partial charge in [-0.25, -0.2) is 35.1 Å². The van der Waals surface area contributed by atoms with E-state index in [1.165, 1.54) is 24.3 Å². The zero-order valence-electron chi connectivity index (χ0n) is 27.6. The van der Waals surface area contributed by atoms with Gasteiger partial charge in [-0.1, -0.05) is 23.2 Å². The molecule has 0 aliphatic heterocycles. The molecule has 0 amide bonds. The monoisotopic (exact) mass is 918 g/mol. The maximum atomic E-state index is 14.5. The molecule has 0 aliphatic carbocycles. The lowest BCUT2D eigenvalue weighted by atomic mass is 9.97. The molecule has 0 saturated carbocycles. The van der Waals surface area contributed by atoms with Crippen molar-refractivity contribution in [3.63, 3.8) is 0 Å². The third-order valence-corrected chi connectivity index (χ3v) is 9.84. The number of nitrogens with zero attached hydrogens (tertiary/aromatic N) is 2. The minimum absolute atomic E-state index is 0.0593. The Morgan fingerprint density at radius 2 is 0.796 bits per heavy atom. The van der Waals surface area contributed by atoms with Crippen LogP contribution in [0.25, 0.3) is 44.8 Å². The first kappa shape index (κ1) is 40.9. The molecule has 0 saturated heterocycles. The third kappa shape index (κ3) is 8.07. The molecular weight excluding hydrogens is 899 g/mol. The SMILES string of the molecule is CCn1c(-c2c(F)cc(F)cc2F)c(-c2cc(F)ccc2Cl)cc(Br)c1=O.CCn1c(-c2c(F)cc(F)cc2F)c(-c2cc(F)ccc2Cl)cc(Br)c1=O. The number of rotatable bonds is 6. The van der Waals surface area contributed by atoms with E-state index in [-0.39, 0.29) is 65.7 Å². The number of hydrogen-bond acceptors (Lipinski definition) is 2. The first-order valence-corrected chi connectivity index (χ1v) is 17.9. The third-order valence-electron chi connectivity index (χ3n) is 8.05. The van der Waals surface area contributed by atoms with Gasteiger partial charge in [-0.15, -0.1) is 0 Å². The van der Waals surface area contributed by atoms with Crippen LogP contribution in [0.5, 0.6) is 0 Å². The zero-order valence-corrected chi connectivity index (χ0v) is 32.3. The van der Waals surface area contributed by atoms with Gasteiger partial charge in [-0.2, -0.15) is 0 Å². The van der Waals surface area contributed by atoms with Crippen LogP contribution >= 0.6 is 55.1 Å². The fraction of sp³-hybridized carbons (Fsp3) is 0.105. The van der Waals surface area contributed by atoms with Gasteiger partial charge in [0.15, 0.2) is 0 Å². The summed E-state index contributed by atoms with van der Waals surface area (Å²) in [5.74, 6) is -8.19. The summed E-state index contributed by atoms with van der Waals surface area (Å²) in [4.78, 5) is 25.0. The van der Waals surface area contributed by atoms with E-state index in [1.54, 1.807) is 13.8 Å². The van der Waals surface area contributed by atoms with Crippen LogP contribution in [0.4, 0.5) is 35.1 Å². The van der Waals surface area contributed by atoms with E-state index in [1.807, 2.05) is 0 Å².